The first-order chi connectivity index (χ1) is 16.9. The Morgan fingerprint density at radius 1 is 0.829 bits per heavy atom. The highest BCUT2D eigenvalue weighted by Gasteiger charge is 2.74. The first kappa shape index (κ1) is 21.7. The Kier molecular flexibility index (Phi) is 4.71. The van der Waals surface area contributed by atoms with Crippen molar-refractivity contribution in [2.75, 3.05) is 12.0 Å². The number of benzene rings is 3. The molecule has 1 spiro atoms. The number of ketones is 2. The van der Waals surface area contributed by atoms with E-state index >= 15 is 0 Å². The zero-order chi connectivity index (χ0) is 24.5. The van der Waals surface area contributed by atoms with E-state index in [0.717, 1.165) is 4.90 Å². The van der Waals surface area contributed by atoms with Crippen molar-refractivity contribution >= 4 is 40.7 Å². The number of carbonyl (C=O) groups is 4. The largest absolute Gasteiger partial charge is 0.495 e. The third-order valence-corrected chi connectivity index (χ3v) is 7.30. The zero-order valence-corrected chi connectivity index (χ0v) is 19.2. The van der Waals surface area contributed by atoms with Gasteiger partial charge < -0.3 is 9.47 Å². The highest BCUT2D eigenvalue weighted by Crippen LogP contribution is 2.58. The molecule has 8 heteroatoms. The molecule has 0 N–H and O–H groups in total. The molecular weight excluding hydrogens is 470 g/mol. The van der Waals surface area contributed by atoms with Crippen LogP contribution in [0, 0.1) is 11.8 Å². The van der Waals surface area contributed by atoms with E-state index in [1.807, 2.05) is 0 Å². The average molecular weight is 488 g/mol. The van der Waals surface area contributed by atoms with E-state index in [0.29, 0.717) is 16.3 Å². The molecule has 174 valence electrons. The van der Waals surface area contributed by atoms with Gasteiger partial charge in [0.25, 0.3) is 0 Å². The summed E-state index contributed by atoms with van der Waals surface area (Å²) in [6.45, 7) is 0. The molecule has 3 atom stereocenters. The maximum Gasteiger partial charge on any atom is 0.241 e. The van der Waals surface area contributed by atoms with Gasteiger partial charge in [0.1, 0.15) is 5.75 Å². The number of halogens is 1. The van der Waals surface area contributed by atoms with Gasteiger partial charge in [-0.1, -0.05) is 60.1 Å². The van der Waals surface area contributed by atoms with Crippen LogP contribution in [-0.4, -0.2) is 36.1 Å². The van der Waals surface area contributed by atoms with Crippen molar-refractivity contribution in [1.82, 2.24) is 0 Å². The van der Waals surface area contributed by atoms with Crippen molar-refractivity contribution in [1.29, 1.82) is 0 Å². The predicted molar refractivity (Wildman–Crippen MR) is 126 cm³/mol. The Morgan fingerprint density at radius 3 is 2.06 bits per heavy atom. The number of ether oxygens (including phenoxy) is 2. The lowest BCUT2D eigenvalue weighted by molar-refractivity contribution is -0.127. The van der Waals surface area contributed by atoms with E-state index in [1.165, 1.54) is 19.2 Å². The third-order valence-electron chi connectivity index (χ3n) is 7.04. The summed E-state index contributed by atoms with van der Waals surface area (Å²) in [6.07, 6.45) is -1.00. The molecule has 2 aliphatic heterocycles. The van der Waals surface area contributed by atoms with Gasteiger partial charge >= 0.3 is 0 Å². The van der Waals surface area contributed by atoms with Gasteiger partial charge in [-0.25, -0.2) is 4.90 Å². The number of hydrogen-bond acceptors (Lipinski definition) is 6. The summed E-state index contributed by atoms with van der Waals surface area (Å²) in [6, 6.07) is 19.6. The number of fused-ring (bicyclic) bond motifs is 3. The quantitative estimate of drug-likeness (QED) is 0.409. The Labute approximate surface area is 205 Å². The fourth-order valence-electron chi connectivity index (χ4n) is 5.52. The van der Waals surface area contributed by atoms with Crippen molar-refractivity contribution in [2.24, 2.45) is 11.8 Å². The second-order valence-corrected chi connectivity index (χ2v) is 9.15. The molecule has 3 aromatic rings. The van der Waals surface area contributed by atoms with Crippen LogP contribution in [0.2, 0.25) is 5.02 Å². The van der Waals surface area contributed by atoms with Crippen LogP contribution in [0.15, 0.2) is 72.8 Å². The number of anilines is 1. The van der Waals surface area contributed by atoms with Gasteiger partial charge in [-0.3, -0.25) is 19.2 Å². The topological polar surface area (TPSA) is 90.0 Å². The number of imide groups is 1. The van der Waals surface area contributed by atoms with Gasteiger partial charge in [0.05, 0.1) is 30.7 Å². The lowest BCUT2D eigenvalue weighted by atomic mass is 9.77. The number of nitrogens with zero attached hydrogens (tertiary/aromatic N) is 1. The van der Waals surface area contributed by atoms with Gasteiger partial charge in [0.2, 0.25) is 29.0 Å². The molecule has 0 radical (unpaired) electrons. The summed E-state index contributed by atoms with van der Waals surface area (Å²) in [5.41, 5.74) is -0.962. The molecule has 1 aliphatic carbocycles. The van der Waals surface area contributed by atoms with E-state index in [9.17, 15) is 19.2 Å². The van der Waals surface area contributed by atoms with Crippen LogP contribution >= 0.6 is 11.6 Å². The molecular formula is C27H18ClNO6. The second kappa shape index (κ2) is 7.60. The Bertz CT molecular complexity index is 1400. The minimum atomic E-state index is -2.12. The van der Waals surface area contributed by atoms with Crippen molar-refractivity contribution in [3.05, 3.63) is 94.5 Å². The first-order valence-corrected chi connectivity index (χ1v) is 11.4. The lowest BCUT2D eigenvalue weighted by Gasteiger charge is -2.27. The number of Topliss-reactive ketones (excluding diaryl/α,β-unsaturated/α-hetero) is 2. The summed E-state index contributed by atoms with van der Waals surface area (Å²) in [4.78, 5) is 56.3. The Hall–Kier alpha value is -3.81. The van der Waals surface area contributed by atoms with Crippen molar-refractivity contribution in [3.63, 3.8) is 0 Å². The van der Waals surface area contributed by atoms with Crippen LogP contribution in [0.5, 0.6) is 5.75 Å². The smallest absolute Gasteiger partial charge is 0.241 e. The fraction of sp³-hybridized carbons (Fsp3) is 0.185. The summed E-state index contributed by atoms with van der Waals surface area (Å²) in [7, 11) is 1.44. The highest BCUT2D eigenvalue weighted by molar-refractivity contribution is 6.37. The third kappa shape index (κ3) is 2.76. The number of rotatable bonds is 3. The summed E-state index contributed by atoms with van der Waals surface area (Å²) in [5.74, 6) is -4.53. The van der Waals surface area contributed by atoms with Crippen molar-refractivity contribution < 1.29 is 28.7 Å². The summed E-state index contributed by atoms with van der Waals surface area (Å²) >= 11 is 6.05. The zero-order valence-electron chi connectivity index (χ0n) is 18.4. The monoisotopic (exact) mass is 487 g/mol. The maximum absolute atomic E-state index is 13.9. The van der Waals surface area contributed by atoms with E-state index in [2.05, 4.69) is 0 Å². The number of methoxy groups -OCH3 is 1. The van der Waals surface area contributed by atoms with Gasteiger partial charge in [-0.2, -0.15) is 0 Å². The number of carbonyl (C=O) groups excluding carboxylic acids is 4. The molecule has 35 heavy (non-hydrogen) atoms. The van der Waals surface area contributed by atoms with E-state index < -0.39 is 46.9 Å². The van der Waals surface area contributed by atoms with Crippen LogP contribution in [0.4, 0.5) is 5.69 Å². The maximum atomic E-state index is 13.9. The first-order valence-electron chi connectivity index (χ1n) is 11.0. The molecule has 7 nitrogen and oxygen atoms in total. The van der Waals surface area contributed by atoms with Crippen LogP contribution in [0.1, 0.15) is 32.4 Å². The van der Waals surface area contributed by atoms with Gasteiger partial charge in [0, 0.05) is 16.1 Å². The number of amides is 2. The minimum absolute atomic E-state index is 0.184. The van der Waals surface area contributed by atoms with Gasteiger partial charge in [-0.05, 0) is 29.8 Å². The predicted octanol–water partition coefficient (Wildman–Crippen LogP) is 4.04. The van der Waals surface area contributed by atoms with Crippen molar-refractivity contribution in [2.45, 2.75) is 11.7 Å². The van der Waals surface area contributed by atoms with E-state index in [4.69, 9.17) is 21.1 Å². The van der Waals surface area contributed by atoms with Gasteiger partial charge in [0.15, 0.2) is 0 Å². The molecule has 2 heterocycles. The fourth-order valence-corrected chi connectivity index (χ4v) is 5.65. The number of para-hydroxylation sites is 2. The highest BCUT2D eigenvalue weighted by atomic mass is 35.5. The average Bonchev–Trinajstić information content (AvgIpc) is 3.44. The standard InChI is InChI=1S/C27H18ClNO6/c1-34-19-9-5-4-8-18(19)29-25(32)20-21(26(29)33)27(35-22(20)14-10-12-15(28)13-11-14)23(30)16-6-2-3-7-17(16)24(27)31/h2-13,20-22H,1H3/t20-,21+,22+/m0/s1. The molecule has 2 fully saturated rings. The normalized spacial score (nSPS) is 24.3. The van der Waals surface area contributed by atoms with Crippen LogP contribution in [0.3, 0.4) is 0 Å². The molecule has 0 aromatic heterocycles. The Balaban J connectivity index is 1.55. The molecule has 2 amide bonds. The van der Waals surface area contributed by atoms with Crippen LogP contribution in [-0.2, 0) is 14.3 Å². The molecule has 0 unspecified atom stereocenters. The van der Waals surface area contributed by atoms with Gasteiger partial charge in [-0.15, -0.1) is 0 Å². The van der Waals surface area contributed by atoms with E-state index in [-0.39, 0.29) is 16.8 Å². The van der Waals surface area contributed by atoms with Crippen molar-refractivity contribution in [3.8, 4) is 5.75 Å². The molecule has 3 aliphatic rings. The Morgan fingerprint density at radius 2 is 1.43 bits per heavy atom. The summed E-state index contributed by atoms with van der Waals surface area (Å²) < 4.78 is 11.6. The number of hydrogen-bond donors (Lipinski definition) is 0. The summed E-state index contributed by atoms with van der Waals surface area (Å²) in [5, 5.41) is 0.475. The van der Waals surface area contributed by atoms with E-state index in [1.54, 1.807) is 60.7 Å². The lowest BCUT2D eigenvalue weighted by Crippen LogP contribution is -2.51. The molecule has 0 saturated carbocycles. The van der Waals surface area contributed by atoms with Crippen LogP contribution < -0.4 is 9.64 Å². The molecule has 3 aromatic carbocycles. The minimum Gasteiger partial charge on any atom is -0.495 e. The molecule has 0 bridgehead atoms. The second-order valence-electron chi connectivity index (χ2n) is 8.72. The SMILES string of the molecule is COc1ccccc1N1C(=O)[C@@H]2[C@@H](c3ccc(Cl)cc3)OC3(C(=O)c4ccccc4C3=O)[C@H]2C1=O. The van der Waals surface area contributed by atoms with Crippen LogP contribution in [0.25, 0.3) is 0 Å². The molecule has 2 saturated heterocycles. The molecule has 6 rings (SSSR count).